The van der Waals surface area contributed by atoms with Crippen LogP contribution in [0.4, 0.5) is 0 Å². The van der Waals surface area contributed by atoms with Crippen LogP contribution in [0.15, 0.2) is 30.3 Å². The van der Waals surface area contributed by atoms with E-state index >= 15 is 0 Å². The van der Waals surface area contributed by atoms with E-state index in [4.69, 9.17) is 4.74 Å². The van der Waals surface area contributed by atoms with Crippen molar-refractivity contribution in [3.8, 4) is 0 Å². The second-order valence-corrected chi connectivity index (χ2v) is 5.47. The maximum Gasteiger partial charge on any atom is 0.328 e. The predicted molar refractivity (Wildman–Crippen MR) is 79.3 cm³/mol. The summed E-state index contributed by atoms with van der Waals surface area (Å²) in [5.41, 5.74) is 0.879. The first-order chi connectivity index (χ1) is 9.90. The molecule has 116 valence electrons. The Morgan fingerprint density at radius 3 is 2.38 bits per heavy atom. The van der Waals surface area contributed by atoms with Crippen molar-refractivity contribution < 1.29 is 19.4 Å². The minimum atomic E-state index is -1.10. The Labute approximate surface area is 125 Å². The van der Waals surface area contributed by atoms with Crippen molar-refractivity contribution in [2.75, 3.05) is 0 Å². The van der Waals surface area contributed by atoms with Crippen LogP contribution in [0.5, 0.6) is 0 Å². The van der Waals surface area contributed by atoms with E-state index in [0.717, 1.165) is 5.56 Å². The molecule has 0 saturated heterocycles. The van der Waals surface area contributed by atoms with E-state index in [0.29, 0.717) is 6.42 Å². The molecule has 0 aliphatic rings. The largest absolute Gasteiger partial charge is 0.459 e. The van der Waals surface area contributed by atoms with E-state index in [9.17, 15) is 14.7 Å². The summed E-state index contributed by atoms with van der Waals surface area (Å²) in [4.78, 5) is 23.5. The number of aliphatic hydroxyl groups is 1. The number of aliphatic hydroxyl groups excluding tert-OH is 1. The minimum absolute atomic E-state index is 0.161. The van der Waals surface area contributed by atoms with Gasteiger partial charge in [-0.2, -0.15) is 0 Å². The second-order valence-electron chi connectivity index (χ2n) is 5.47. The average Bonchev–Trinajstić information content (AvgIpc) is 2.44. The summed E-state index contributed by atoms with van der Waals surface area (Å²) in [6, 6.07) is 8.51. The Hall–Kier alpha value is -1.88. The van der Waals surface area contributed by atoms with Gasteiger partial charge in [0.05, 0.1) is 0 Å². The number of nitrogens with one attached hydrogen (secondary N) is 1. The molecule has 1 rings (SSSR count). The Morgan fingerprint density at radius 1 is 1.19 bits per heavy atom. The first-order valence-electron chi connectivity index (χ1n) is 7.09. The third kappa shape index (κ3) is 6.40. The van der Waals surface area contributed by atoms with Gasteiger partial charge in [-0.15, -0.1) is 0 Å². The van der Waals surface area contributed by atoms with Crippen molar-refractivity contribution >= 4 is 11.9 Å². The van der Waals surface area contributed by atoms with Gasteiger partial charge in [-0.3, -0.25) is 4.79 Å². The van der Waals surface area contributed by atoms with Gasteiger partial charge in [0, 0.05) is 0 Å². The van der Waals surface area contributed by atoms with Crippen molar-refractivity contribution in [3.05, 3.63) is 35.9 Å². The van der Waals surface area contributed by atoms with Crippen molar-refractivity contribution in [2.45, 2.75) is 45.9 Å². The zero-order chi connectivity index (χ0) is 15.8. The van der Waals surface area contributed by atoms with Crippen LogP contribution >= 0.6 is 0 Å². The standard InChI is InChI=1S/C16H23NO4/c1-11(2)9-14(18)15(19)17-12(3)16(20)21-10-13-7-5-4-6-8-13/h4-8,11-12,14,18H,9-10H2,1-3H3,(H,17,19)/t12-,14+/m1/s1. The molecule has 2 atom stereocenters. The van der Waals surface area contributed by atoms with Crippen LogP contribution in [0.2, 0.25) is 0 Å². The van der Waals surface area contributed by atoms with Gasteiger partial charge in [0.15, 0.2) is 0 Å². The zero-order valence-corrected chi connectivity index (χ0v) is 12.7. The highest BCUT2D eigenvalue weighted by Crippen LogP contribution is 2.05. The van der Waals surface area contributed by atoms with Crippen LogP contribution in [0.25, 0.3) is 0 Å². The summed E-state index contributed by atoms with van der Waals surface area (Å²) < 4.78 is 5.12. The zero-order valence-electron chi connectivity index (χ0n) is 12.7. The quantitative estimate of drug-likeness (QED) is 0.749. The maximum absolute atomic E-state index is 11.8. The fraction of sp³-hybridized carbons (Fsp3) is 0.500. The molecule has 0 bridgehead atoms. The normalized spacial score (nSPS) is 13.6. The molecule has 0 radical (unpaired) electrons. The molecule has 0 spiro atoms. The lowest BCUT2D eigenvalue weighted by atomic mass is 10.1. The molecular formula is C16H23NO4. The van der Waals surface area contributed by atoms with E-state index < -0.39 is 24.0 Å². The summed E-state index contributed by atoms with van der Waals surface area (Å²) in [7, 11) is 0. The van der Waals surface area contributed by atoms with Crippen LogP contribution in [0, 0.1) is 5.92 Å². The van der Waals surface area contributed by atoms with E-state index in [-0.39, 0.29) is 12.5 Å². The van der Waals surface area contributed by atoms with Gasteiger partial charge in [0.2, 0.25) is 5.91 Å². The van der Waals surface area contributed by atoms with Crippen molar-refractivity contribution in [1.29, 1.82) is 0 Å². The molecule has 0 saturated carbocycles. The molecule has 0 heterocycles. The summed E-state index contributed by atoms with van der Waals surface area (Å²) in [6.45, 7) is 5.52. The SMILES string of the molecule is CC(C)C[C@H](O)C(=O)N[C@H](C)C(=O)OCc1ccccc1. The van der Waals surface area contributed by atoms with Gasteiger partial charge in [-0.1, -0.05) is 44.2 Å². The van der Waals surface area contributed by atoms with Crippen molar-refractivity contribution in [3.63, 3.8) is 0 Å². The number of carbonyl (C=O) groups excluding carboxylic acids is 2. The molecule has 0 aromatic heterocycles. The van der Waals surface area contributed by atoms with Crippen LogP contribution in [-0.4, -0.2) is 29.1 Å². The molecule has 1 amide bonds. The van der Waals surface area contributed by atoms with Gasteiger partial charge in [0.1, 0.15) is 18.8 Å². The monoisotopic (exact) mass is 293 g/mol. The number of benzene rings is 1. The summed E-state index contributed by atoms with van der Waals surface area (Å²) in [6.07, 6.45) is -0.744. The van der Waals surface area contributed by atoms with Gasteiger partial charge in [0.25, 0.3) is 0 Å². The Bertz CT molecular complexity index is 459. The number of hydrogen-bond donors (Lipinski definition) is 2. The maximum atomic E-state index is 11.8. The lowest BCUT2D eigenvalue weighted by Crippen LogP contribution is -2.44. The molecule has 5 heteroatoms. The Kier molecular flexibility index (Phi) is 6.88. The number of hydrogen-bond acceptors (Lipinski definition) is 4. The molecule has 0 fully saturated rings. The molecule has 1 aromatic carbocycles. The molecule has 0 unspecified atom stereocenters. The molecule has 21 heavy (non-hydrogen) atoms. The number of carbonyl (C=O) groups is 2. The lowest BCUT2D eigenvalue weighted by Gasteiger charge is -2.17. The molecule has 1 aromatic rings. The fourth-order valence-corrected chi connectivity index (χ4v) is 1.78. The highest BCUT2D eigenvalue weighted by Gasteiger charge is 2.22. The van der Waals surface area contributed by atoms with Gasteiger partial charge in [-0.05, 0) is 24.8 Å². The van der Waals surface area contributed by atoms with Crippen LogP contribution in [-0.2, 0) is 20.9 Å². The number of amides is 1. The Balaban J connectivity index is 2.38. The highest BCUT2D eigenvalue weighted by atomic mass is 16.5. The number of ether oxygens (including phenoxy) is 1. The number of rotatable bonds is 7. The van der Waals surface area contributed by atoms with Gasteiger partial charge >= 0.3 is 5.97 Å². The molecule has 5 nitrogen and oxygen atoms in total. The van der Waals surface area contributed by atoms with Gasteiger partial charge < -0.3 is 15.2 Å². The highest BCUT2D eigenvalue weighted by molar-refractivity contribution is 5.86. The summed E-state index contributed by atoms with van der Waals surface area (Å²) in [5.74, 6) is -0.872. The first-order valence-corrected chi connectivity index (χ1v) is 7.09. The van der Waals surface area contributed by atoms with Crippen molar-refractivity contribution in [2.24, 2.45) is 5.92 Å². The van der Waals surface area contributed by atoms with E-state index in [1.807, 2.05) is 44.2 Å². The van der Waals surface area contributed by atoms with E-state index in [1.165, 1.54) is 6.92 Å². The van der Waals surface area contributed by atoms with E-state index in [1.54, 1.807) is 0 Å². The molecular weight excluding hydrogens is 270 g/mol. The predicted octanol–water partition coefficient (Wildman–Crippen LogP) is 1.64. The van der Waals surface area contributed by atoms with E-state index in [2.05, 4.69) is 5.32 Å². The fourth-order valence-electron chi connectivity index (χ4n) is 1.78. The Morgan fingerprint density at radius 2 is 1.81 bits per heavy atom. The second kappa shape index (κ2) is 8.42. The molecule has 0 aliphatic heterocycles. The van der Waals surface area contributed by atoms with Crippen LogP contribution in [0.3, 0.4) is 0 Å². The topological polar surface area (TPSA) is 75.6 Å². The third-order valence-electron chi connectivity index (χ3n) is 2.93. The number of esters is 1. The first kappa shape index (κ1) is 17.2. The van der Waals surface area contributed by atoms with Gasteiger partial charge in [-0.25, -0.2) is 4.79 Å². The summed E-state index contributed by atoms with van der Waals surface area (Å²) >= 11 is 0. The van der Waals surface area contributed by atoms with Crippen LogP contribution in [0.1, 0.15) is 32.8 Å². The molecule has 0 aliphatic carbocycles. The lowest BCUT2D eigenvalue weighted by molar-refractivity contribution is -0.149. The van der Waals surface area contributed by atoms with Crippen LogP contribution < -0.4 is 5.32 Å². The average molecular weight is 293 g/mol. The minimum Gasteiger partial charge on any atom is -0.459 e. The summed E-state index contributed by atoms with van der Waals surface area (Å²) in [5, 5.41) is 12.1. The van der Waals surface area contributed by atoms with Crippen molar-refractivity contribution in [1.82, 2.24) is 5.32 Å². The molecule has 2 N–H and O–H groups in total. The third-order valence-corrected chi connectivity index (χ3v) is 2.93. The smallest absolute Gasteiger partial charge is 0.328 e.